The molecule has 0 aliphatic carbocycles. The van der Waals surface area contributed by atoms with E-state index in [9.17, 15) is 14.7 Å². The number of aliphatic hydroxyl groups is 1. The first-order chi connectivity index (χ1) is 7.45. The van der Waals surface area contributed by atoms with Crippen LogP contribution in [0.3, 0.4) is 0 Å². The highest BCUT2D eigenvalue weighted by Crippen LogP contribution is 2.26. The number of thioether (sulfide) groups is 1. The molecule has 0 saturated heterocycles. The Morgan fingerprint density at radius 2 is 1.69 bits per heavy atom. The third kappa shape index (κ3) is 2.01. The van der Waals surface area contributed by atoms with Crippen LogP contribution in [0.1, 0.15) is 20.8 Å². The first-order valence-corrected chi connectivity index (χ1v) is 6.43. The zero-order chi connectivity index (χ0) is 12.5. The molecule has 0 bridgehead atoms. The number of imide groups is 1. The van der Waals surface area contributed by atoms with Crippen LogP contribution in [0, 0.1) is 0 Å². The number of aliphatic hydroxyl groups excluding tert-OH is 1. The van der Waals surface area contributed by atoms with Crippen molar-refractivity contribution in [3.63, 3.8) is 0 Å². The van der Waals surface area contributed by atoms with Gasteiger partial charge in [-0.25, -0.2) is 0 Å². The summed E-state index contributed by atoms with van der Waals surface area (Å²) in [4.78, 5) is 25.0. The maximum atomic E-state index is 11.9. The van der Waals surface area contributed by atoms with E-state index in [-0.39, 0.29) is 29.7 Å². The molecule has 0 aromatic rings. The predicted octanol–water partition coefficient (Wildman–Crippen LogP) is 0.804. The fourth-order valence-electron chi connectivity index (χ4n) is 1.73. The van der Waals surface area contributed by atoms with Crippen LogP contribution in [-0.2, 0) is 9.59 Å². The molecule has 2 atom stereocenters. The lowest BCUT2D eigenvalue weighted by atomic mass is 10.2. The Morgan fingerprint density at radius 3 is 2.00 bits per heavy atom. The van der Waals surface area contributed by atoms with Crippen LogP contribution in [-0.4, -0.2) is 46.0 Å². The molecular formula is C11H17NO3S. The van der Waals surface area contributed by atoms with Gasteiger partial charge in [0, 0.05) is 16.4 Å². The Labute approximate surface area is 99.7 Å². The minimum Gasteiger partial charge on any atom is -0.395 e. The van der Waals surface area contributed by atoms with Gasteiger partial charge >= 0.3 is 0 Å². The normalized spacial score (nSPS) is 20.7. The van der Waals surface area contributed by atoms with E-state index in [1.807, 2.05) is 6.26 Å². The SMILES string of the molecule is CSC(CO)C(C)N1C(=O)C(C)=C(C)C1=O. The van der Waals surface area contributed by atoms with E-state index >= 15 is 0 Å². The van der Waals surface area contributed by atoms with Gasteiger partial charge in [-0.2, -0.15) is 11.8 Å². The summed E-state index contributed by atoms with van der Waals surface area (Å²) in [5.74, 6) is -0.468. The molecule has 90 valence electrons. The second-order valence-electron chi connectivity index (χ2n) is 3.93. The Hall–Kier alpha value is -0.810. The van der Waals surface area contributed by atoms with Gasteiger partial charge in [0.2, 0.25) is 0 Å². The van der Waals surface area contributed by atoms with Crippen molar-refractivity contribution < 1.29 is 14.7 Å². The highest BCUT2D eigenvalue weighted by Gasteiger charge is 2.38. The molecule has 1 N–H and O–H groups in total. The number of carbonyl (C=O) groups excluding carboxylic acids is 2. The van der Waals surface area contributed by atoms with Crippen molar-refractivity contribution in [2.75, 3.05) is 12.9 Å². The van der Waals surface area contributed by atoms with Crippen LogP contribution in [0.5, 0.6) is 0 Å². The lowest BCUT2D eigenvalue weighted by Crippen LogP contribution is -2.45. The fraction of sp³-hybridized carbons (Fsp3) is 0.636. The van der Waals surface area contributed by atoms with Gasteiger partial charge in [-0.3, -0.25) is 14.5 Å². The maximum absolute atomic E-state index is 11.9. The summed E-state index contributed by atoms with van der Waals surface area (Å²) >= 11 is 1.46. The van der Waals surface area contributed by atoms with Crippen LogP contribution >= 0.6 is 11.8 Å². The van der Waals surface area contributed by atoms with E-state index in [1.165, 1.54) is 16.7 Å². The van der Waals surface area contributed by atoms with Crippen LogP contribution in [0.2, 0.25) is 0 Å². The summed E-state index contributed by atoms with van der Waals surface area (Å²) in [6.45, 7) is 5.07. The van der Waals surface area contributed by atoms with Crippen molar-refractivity contribution in [1.82, 2.24) is 4.90 Å². The molecule has 0 aromatic carbocycles. The highest BCUT2D eigenvalue weighted by molar-refractivity contribution is 7.99. The topological polar surface area (TPSA) is 57.6 Å². The monoisotopic (exact) mass is 243 g/mol. The van der Waals surface area contributed by atoms with E-state index in [4.69, 9.17) is 0 Å². The average Bonchev–Trinajstić information content (AvgIpc) is 2.45. The zero-order valence-electron chi connectivity index (χ0n) is 9.98. The third-order valence-electron chi connectivity index (χ3n) is 3.07. The van der Waals surface area contributed by atoms with Crippen LogP contribution in [0.25, 0.3) is 0 Å². The molecule has 1 rings (SSSR count). The highest BCUT2D eigenvalue weighted by atomic mass is 32.2. The Morgan fingerprint density at radius 1 is 1.25 bits per heavy atom. The van der Waals surface area contributed by atoms with E-state index in [0.29, 0.717) is 11.1 Å². The summed E-state index contributed by atoms with van der Waals surface area (Å²) in [7, 11) is 0. The van der Waals surface area contributed by atoms with Crippen molar-refractivity contribution in [2.24, 2.45) is 0 Å². The van der Waals surface area contributed by atoms with E-state index < -0.39 is 0 Å². The van der Waals surface area contributed by atoms with Gasteiger partial charge in [-0.15, -0.1) is 0 Å². The summed E-state index contributed by atoms with van der Waals surface area (Å²) < 4.78 is 0. The van der Waals surface area contributed by atoms with Crippen molar-refractivity contribution >= 4 is 23.6 Å². The van der Waals surface area contributed by atoms with Gasteiger partial charge in [0.1, 0.15) is 0 Å². The van der Waals surface area contributed by atoms with E-state index in [2.05, 4.69) is 0 Å². The molecule has 4 nitrogen and oxygen atoms in total. The molecule has 16 heavy (non-hydrogen) atoms. The summed E-state index contributed by atoms with van der Waals surface area (Å²) in [5, 5.41) is 9.04. The number of carbonyl (C=O) groups is 2. The van der Waals surface area contributed by atoms with Gasteiger partial charge in [0.05, 0.1) is 12.6 Å². The third-order valence-corrected chi connectivity index (χ3v) is 4.22. The first kappa shape index (κ1) is 13.3. The minimum atomic E-state index is -0.285. The number of hydrogen-bond acceptors (Lipinski definition) is 4. The summed E-state index contributed by atoms with van der Waals surface area (Å²) in [6.07, 6.45) is 1.86. The van der Waals surface area contributed by atoms with Crippen LogP contribution in [0.15, 0.2) is 11.1 Å². The molecule has 0 spiro atoms. The van der Waals surface area contributed by atoms with Crippen LogP contribution < -0.4 is 0 Å². The number of amides is 2. The standard InChI is InChI=1S/C11H17NO3S/c1-6-7(2)11(15)12(10(6)14)8(3)9(5-13)16-4/h8-9,13H,5H2,1-4H3. The summed E-state index contributed by atoms with van der Waals surface area (Å²) in [6, 6.07) is -0.285. The van der Waals surface area contributed by atoms with Crippen molar-refractivity contribution in [3.05, 3.63) is 11.1 Å². The molecule has 0 fully saturated rings. The number of nitrogens with zero attached hydrogens (tertiary/aromatic N) is 1. The molecule has 2 unspecified atom stereocenters. The molecule has 1 aliphatic heterocycles. The quantitative estimate of drug-likeness (QED) is 0.742. The van der Waals surface area contributed by atoms with Gasteiger partial charge in [-0.05, 0) is 27.0 Å². The average molecular weight is 243 g/mol. The number of hydrogen-bond donors (Lipinski definition) is 1. The van der Waals surface area contributed by atoms with Gasteiger partial charge < -0.3 is 5.11 Å². The molecule has 1 heterocycles. The second kappa shape index (κ2) is 5.01. The van der Waals surface area contributed by atoms with Crippen molar-refractivity contribution in [1.29, 1.82) is 0 Å². The molecule has 5 heteroatoms. The largest absolute Gasteiger partial charge is 0.395 e. The van der Waals surface area contributed by atoms with E-state index in [1.54, 1.807) is 20.8 Å². The lowest BCUT2D eigenvalue weighted by molar-refractivity contribution is -0.140. The minimum absolute atomic E-state index is 0.0442. The predicted molar refractivity (Wildman–Crippen MR) is 64.1 cm³/mol. The molecule has 0 radical (unpaired) electrons. The molecule has 1 aliphatic rings. The van der Waals surface area contributed by atoms with Crippen molar-refractivity contribution in [3.8, 4) is 0 Å². The van der Waals surface area contributed by atoms with Gasteiger partial charge in [0.15, 0.2) is 0 Å². The second-order valence-corrected chi connectivity index (χ2v) is 5.00. The fourth-order valence-corrected chi connectivity index (χ4v) is 2.40. The lowest BCUT2D eigenvalue weighted by Gasteiger charge is -2.28. The number of rotatable bonds is 4. The first-order valence-electron chi connectivity index (χ1n) is 5.14. The zero-order valence-corrected chi connectivity index (χ0v) is 10.8. The van der Waals surface area contributed by atoms with E-state index in [0.717, 1.165) is 0 Å². The maximum Gasteiger partial charge on any atom is 0.257 e. The molecule has 2 amide bonds. The smallest absolute Gasteiger partial charge is 0.257 e. The molecular weight excluding hydrogens is 226 g/mol. The van der Waals surface area contributed by atoms with Gasteiger partial charge in [0.25, 0.3) is 11.8 Å². The molecule has 0 saturated carbocycles. The van der Waals surface area contributed by atoms with Crippen molar-refractivity contribution in [2.45, 2.75) is 32.1 Å². The summed E-state index contributed by atoms with van der Waals surface area (Å²) in [5.41, 5.74) is 1.02. The Kier molecular flexibility index (Phi) is 4.15. The Balaban J connectivity index is 2.92. The van der Waals surface area contributed by atoms with Crippen LogP contribution in [0.4, 0.5) is 0 Å². The molecule has 0 aromatic heterocycles. The Bertz CT molecular complexity index is 323. The van der Waals surface area contributed by atoms with Gasteiger partial charge in [-0.1, -0.05) is 0 Å².